The number of hydrogen-bond donors (Lipinski definition) is 2. The van der Waals surface area contributed by atoms with Gasteiger partial charge in [0.05, 0.1) is 28.3 Å². The van der Waals surface area contributed by atoms with Crippen LogP contribution in [0.25, 0.3) is 0 Å². The molecule has 24 heavy (non-hydrogen) atoms. The second kappa shape index (κ2) is 7.32. The summed E-state index contributed by atoms with van der Waals surface area (Å²) in [7, 11) is 0. The number of carbonyl (C=O) groups is 2. The predicted molar refractivity (Wildman–Crippen MR) is 85.2 cm³/mol. The number of rotatable bonds is 5. The molecule has 0 spiro atoms. The first kappa shape index (κ1) is 17.1. The molecule has 0 saturated heterocycles. The molecule has 0 atom stereocenters. The fraction of sp³-hybridized carbons (Fsp3) is 0.125. The van der Waals surface area contributed by atoms with Crippen LogP contribution >= 0.6 is 0 Å². The zero-order valence-corrected chi connectivity index (χ0v) is 12.7. The average Bonchev–Trinajstić information content (AvgIpc) is 2.54. The minimum absolute atomic E-state index is 0.122. The maximum atomic E-state index is 13.5. The number of nitrogens with zero attached hydrogens (tertiary/aromatic N) is 1. The molecule has 0 aliphatic rings. The van der Waals surface area contributed by atoms with Gasteiger partial charge >= 0.3 is 0 Å². The number of amides is 2. The van der Waals surface area contributed by atoms with Crippen molar-refractivity contribution in [2.75, 3.05) is 11.9 Å². The number of hydrogen-bond acceptors (Lipinski definition) is 4. The van der Waals surface area contributed by atoms with Crippen LogP contribution in [0.1, 0.15) is 15.9 Å². The number of nitro groups is 1. The Kier molecular flexibility index (Phi) is 5.20. The van der Waals surface area contributed by atoms with Crippen LogP contribution in [-0.4, -0.2) is 23.3 Å². The monoisotopic (exact) mass is 331 g/mol. The van der Waals surface area contributed by atoms with Gasteiger partial charge < -0.3 is 10.6 Å². The summed E-state index contributed by atoms with van der Waals surface area (Å²) in [6, 6.07) is 9.67. The topological polar surface area (TPSA) is 101 Å². The molecule has 0 aromatic heterocycles. The van der Waals surface area contributed by atoms with Crippen molar-refractivity contribution in [3.63, 3.8) is 0 Å². The van der Waals surface area contributed by atoms with Gasteiger partial charge in [-0.3, -0.25) is 19.7 Å². The Morgan fingerprint density at radius 1 is 1.17 bits per heavy atom. The maximum Gasteiger partial charge on any atom is 0.274 e. The zero-order valence-electron chi connectivity index (χ0n) is 12.7. The molecular weight excluding hydrogens is 317 g/mol. The van der Waals surface area contributed by atoms with E-state index in [0.717, 1.165) is 6.07 Å². The van der Waals surface area contributed by atoms with Gasteiger partial charge in [0.2, 0.25) is 5.91 Å². The van der Waals surface area contributed by atoms with Crippen LogP contribution in [-0.2, 0) is 4.79 Å². The fourth-order valence-corrected chi connectivity index (χ4v) is 2.05. The highest BCUT2D eigenvalue weighted by Gasteiger charge is 2.16. The van der Waals surface area contributed by atoms with Crippen molar-refractivity contribution in [2.45, 2.75) is 6.92 Å². The third-order valence-corrected chi connectivity index (χ3v) is 3.30. The van der Waals surface area contributed by atoms with Gasteiger partial charge in [-0.05, 0) is 25.1 Å². The molecule has 2 aromatic rings. The summed E-state index contributed by atoms with van der Waals surface area (Å²) < 4.78 is 13.5. The molecule has 2 aromatic carbocycles. The normalized spacial score (nSPS) is 10.1. The standard InChI is InChI=1S/C16H14FN3O4/c1-10-13(7-4-8-14(10)20(23)24)19-15(21)9-18-16(22)11-5-2-3-6-12(11)17/h2-8H,9H2,1H3,(H,18,22)(H,19,21). The average molecular weight is 331 g/mol. The lowest BCUT2D eigenvalue weighted by Crippen LogP contribution is -2.33. The van der Waals surface area contributed by atoms with Crippen LogP contribution in [0.3, 0.4) is 0 Å². The Balaban J connectivity index is 2.00. The van der Waals surface area contributed by atoms with Gasteiger partial charge in [0, 0.05) is 6.07 Å². The summed E-state index contributed by atoms with van der Waals surface area (Å²) in [5.41, 5.74) is 0.283. The lowest BCUT2D eigenvalue weighted by molar-refractivity contribution is -0.385. The number of anilines is 1. The third kappa shape index (κ3) is 3.92. The van der Waals surface area contributed by atoms with Gasteiger partial charge in [-0.2, -0.15) is 0 Å². The molecule has 0 aliphatic carbocycles. The number of nitrogens with one attached hydrogen (secondary N) is 2. The van der Waals surface area contributed by atoms with Crippen LogP contribution in [0.2, 0.25) is 0 Å². The molecule has 0 aliphatic heterocycles. The van der Waals surface area contributed by atoms with Crippen LogP contribution < -0.4 is 10.6 Å². The largest absolute Gasteiger partial charge is 0.343 e. The molecule has 2 amide bonds. The SMILES string of the molecule is Cc1c(NC(=O)CNC(=O)c2ccccc2F)cccc1[N+](=O)[O-]. The highest BCUT2D eigenvalue weighted by Crippen LogP contribution is 2.24. The number of nitro benzene ring substituents is 1. The predicted octanol–water partition coefficient (Wildman–Crippen LogP) is 2.41. The number of benzene rings is 2. The Labute approximate surface area is 136 Å². The van der Waals surface area contributed by atoms with Gasteiger partial charge in [0.1, 0.15) is 5.82 Å². The number of halogens is 1. The molecule has 0 heterocycles. The Morgan fingerprint density at radius 2 is 1.88 bits per heavy atom. The van der Waals surface area contributed by atoms with Gasteiger partial charge in [0.15, 0.2) is 0 Å². The fourth-order valence-electron chi connectivity index (χ4n) is 2.05. The summed E-state index contributed by atoms with van der Waals surface area (Å²) in [4.78, 5) is 34.0. The molecule has 7 nitrogen and oxygen atoms in total. The minimum atomic E-state index is -0.723. The summed E-state index contributed by atoms with van der Waals surface area (Å²) in [6.45, 7) is 1.11. The van der Waals surface area contributed by atoms with Crippen molar-refractivity contribution in [3.05, 3.63) is 69.5 Å². The quantitative estimate of drug-likeness (QED) is 0.649. The van der Waals surface area contributed by atoms with E-state index in [1.165, 1.54) is 43.3 Å². The molecule has 8 heteroatoms. The van der Waals surface area contributed by atoms with Gasteiger partial charge in [-0.15, -0.1) is 0 Å². The first-order chi connectivity index (χ1) is 11.4. The van der Waals surface area contributed by atoms with E-state index in [4.69, 9.17) is 0 Å². The Bertz CT molecular complexity index is 808. The first-order valence-corrected chi connectivity index (χ1v) is 6.96. The Hall–Kier alpha value is -3.29. The van der Waals surface area contributed by atoms with E-state index in [1.807, 2.05) is 0 Å². The van der Waals surface area contributed by atoms with Gasteiger partial charge in [-0.1, -0.05) is 18.2 Å². The van der Waals surface area contributed by atoms with Gasteiger partial charge in [-0.25, -0.2) is 4.39 Å². The van der Waals surface area contributed by atoms with E-state index in [2.05, 4.69) is 10.6 Å². The molecule has 124 valence electrons. The highest BCUT2D eigenvalue weighted by molar-refractivity contribution is 5.99. The second-order valence-electron chi connectivity index (χ2n) is 4.92. The van der Waals surface area contributed by atoms with Crippen LogP contribution in [0, 0.1) is 22.9 Å². The van der Waals surface area contributed by atoms with Crippen molar-refractivity contribution >= 4 is 23.2 Å². The molecular formula is C16H14FN3O4. The molecule has 0 radical (unpaired) electrons. The lowest BCUT2D eigenvalue weighted by atomic mass is 10.1. The van der Waals surface area contributed by atoms with E-state index in [-0.39, 0.29) is 16.9 Å². The van der Waals surface area contributed by atoms with Crippen molar-refractivity contribution in [3.8, 4) is 0 Å². The maximum absolute atomic E-state index is 13.5. The van der Waals surface area contributed by atoms with E-state index in [0.29, 0.717) is 5.56 Å². The summed E-state index contributed by atoms with van der Waals surface area (Å²) in [5, 5.41) is 15.6. The van der Waals surface area contributed by atoms with E-state index in [9.17, 15) is 24.1 Å². The minimum Gasteiger partial charge on any atom is -0.343 e. The molecule has 0 unspecified atom stereocenters. The van der Waals surface area contributed by atoms with E-state index in [1.54, 1.807) is 0 Å². The Morgan fingerprint density at radius 3 is 2.54 bits per heavy atom. The molecule has 0 bridgehead atoms. The third-order valence-electron chi connectivity index (χ3n) is 3.30. The summed E-state index contributed by atoms with van der Waals surface area (Å²) >= 11 is 0. The van der Waals surface area contributed by atoms with Crippen molar-refractivity contribution < 1.29 is 18.9 Å². The smallest absolute Gasteiger partial charge is 0.274 e. The van der Waals surface area contributed by atoms with Crippen molar-refractivity contribution in [1.29, 1.82) is 0 Å². The van der Waals surface area contributed by atoms with E-state index >= 15 is 0 Å². The van der Waals surface area contributed by atoms with Crippen LogP contribution in [0.5, 0.6) is 0 Å². The van der Waals surface area contributed by atoms with Crippen LogP contribution in [0.4, 0.5) is 15.8 Å². The summed E-state index contributed by atoms with van der Waals surface area (Å²) in [5.74, 6) is -1.99. The molecule has 2 N–H and O–H groups in total. The zero-order chi connectivity index (χ0) is 17.7. The molecule has 0 saturated carbocycles. The van der Waals surface area contributed by atoms with Crippen LogP contribution in [0.15, 0.2) is 42.5 Å². The molecule has 0 fully saturated rings. The highest BCUT2D eigenvalue weighted by atomic mass is 19.1. The lowest BCUT2D eigenvalue weighted by Gasteiger charge is -2.09. The summed E-state index contributed by atoms with van der Waals surface area (Å²) in [6.07, 6.45) is 0. The molecule has 2 rings (SSSR count). The van der Waals surface area contributed by atoms with Crippen molar-refractivity contribution in [1.82, 2.24) is 5.32 Å². The van der Waals surface area contributed by atoms with E-state index < -0.39 is 29.1 Å². The second-order valence-corrected chi connectivity index (χ2v) is 4.92. The number of carbonyl (C=O) groups excluding carboxylic acids is 2. The van der Waals surface area contributed by atoms with Crippen molar-refractivity contribution in [2.24, 2.45) is 0 Å². The van der Waals surface area contributed by atoms with Gasteiger partial charge in [0.25, 0.3) is 11.6 Å². The first-order valence-electron chi connectivity index (χ1n) is 6.96.